The second kappa shape index (κ2) is 5.13. The summed E-state index contributed by atoms with van der Waals surface area (Å²) in [6, 6.07) is 0.635. The molecule has 1 aliphatic carbocycles. The van der Waals surface area contributed by atoms with Gasteiger partial charge in [0.1, 0.15) is 0 Å². The highest BCUT2D eigenvalue weighted by molar-refractivity contribution is 5.45. The average Bonchev–Trinajstić information content (AvgIpc) is 2.07. The first-order chi connectivity index (χ1) is 5.43. The highest BCUT2D eigenvalue weighted by Gasteiger charge is 2.11. The van der Waals surface area contributed by atoms with E-state index in [1.807, 2.05) is 0 Å². The first-order valence-corrected chi connectivity index (χ1v) is 4.34. The molecule has 1 amide bonds. The van der Waals surface area contributed by atoms with E-state index in [4.69, 9.17) is 0 Å². The van der Waals surface area contributed by atoms with E-state index in [2.05, 4.69) is 10.6 Å². The number of amides is 1. The molecule has 0 spiro atoms. The van der Waals surface area contributed by atoms with Crippen LogP contribution in [-0.2, 0) is 4.79 Å². The van der Waals surface area contributed by atoms with Crippen molar-refractivity contribution in [2.45, 2.75) is 38.1 Å². The van der Waals surface area contributed by atoms with Crippen molar-refractivity contribution in [2.24, 2.45) is 0 Å². The number of nitrogens with one attached hydrogen (secondary N) is 2. The monoisotopic (exact) mass is 156 g/mol. The zero-order chi connectivity index (χ0) is 7.94. The second-order valence-electron chi connectivity index (χ2n) is 3.04. The molecule has 1 fully saturated rings. The lowest BCUT2D eigenvalue weighted by Gasteiger charge is -2.22. The average molecular weight is 156 g/mol. The summed E-state index contributed by atoms with van der Waals surface area (Å²) in [7, 11) is 0. The highest BCUT2D eigenvalue weighted by Crippen LogP contribution is 2.16. The van der Waals surface area contributed by atoms with E-state index >= 15 is 0 Å². The number of hydrogen-bond acceptors (Lipinski definition) is 2. The summed E-state index contributed by atoms with van der Waals surface area (Å²) in [5, 5.41) is 5.88. The Hall–Kier alpha value is -0.570. The van der Waals surface area contributed by atoms with Gasteiger partial charge in [-0.15, -0.1) is 0 Å². The predicted octanol–water partition coefficient (Wildman–Crippen LogP) is 0.612. The summed E-state index contributed by atoms with van der Waals surface area (Å²) in [5.74, 6) is 0. The van der Waals surface area contributed by atoms with Gasteiger partial charge in [-0.2, -0.15) is 0 Å². The van der Waals surface area contributed by atoms with Crippen LogP contribution in [0.4, 0.5) is 0 Å². The molecule has 0 aromatic carbocycles. The number of carbonyl (C=O) groups is 1. The maximum atomic E-state index is 9.90. The highest BCUT2D eigenvalue weighted by atomic mass is 16.1. The fourth-order valence-corrected chi connectivity index (χ4v) is 1.55. The molecular weight excluding hydrogens is 140 g/mol. The van der Waals surface area contributed by atoms with E-state index < -0.39 is 0 Å². The summed E-state index contributed by atoms with van der Waals surface area (Å²) < 4.78 is 0. The van der Waals surface area contributed by atoms with Gasteiger partial charge < -0.3 is 5.32 Å². The molecule has 0 bridgehead atoms. The molecule has 0 aromatic heterocycles. The molecule has 0 heterocycles. The van der Waals surface area contributed by atoms with Crippen molar-refractivity contribution < 1.29 is 4.79 Å². The quantitative estimate of drug-likeness (QED) is 0.356. The van der Waals surface area contributed by atoms with Crippen LogP contribution >= 0.6 is 0 Å². The maximum Gasteiger partial charge on any atom is 0.208 e. The van der Waals surface area contributed by atoms with Crippen LogP contribution in [0.2, 0.25) is 0 Å². The molecule has 0 saturated heterocycles. The number of hydrogen-bond donors (Lipinski definition) is 2. The Labute approximate surface area is 67.5 Å². The molecule has 3 nitrogen and oxygen atoms in total. The topological polar surface area (TPSA) is 41.1 Å². The van der Waals surface area contributed by atoms with Crippen LogP contribution in [0, 0.1) is 0 Å². The van der Waals surface area contributed by atoms with Gasteiger partial charge in [-0.05, 0) is 12.8 Å². The molecule has 0 unspecified atom stereocenters. The van der Waals surface area contributed by atoms with Gasteiger partial charge in [-0.25, -0.2) is 0 Å². The molecule has 0 aromatic rings. The minimum Gasteiger partial charge on any atom is -0.346 e. The van der Waals surface area contributed by atoms with E-state index in [-0.39, 0.29) is 0 Å². The molecule has 1 rings (SSSR count). The van der Waals surface area contributed by atoms with Crippen molar-refractivity contribution in [2.75, 3.05) is 6.67 Å². The third kappa shape index (κ3) is 3.37. The van der Waals surface area contributed by atoms with E-state index in [9.17, 15) is 4.79 Å². The molecule has 11 heavy (non-hydrogen) atoms. The third-order valence-corrected chi connectivity index (χ3v) is 2.18. The van der Waals surface area contributed by atoms with Crippen LogP contribution in [0.5, 0.6) is 0 Å². The Kier molecular flexibility index (Phi) is 3.98. The number of carbonyl (C=O) groups excluding carboxylic acids is 1. The van der Waals surface area contributed by atoms with Gasteiger partial charge in [0.05, 0.1) is 6.67 Å². The van der Waals surface area contributed by atoms with Gasteiger partial charge in [-0.1, -0.05) is 19.3 Å². The van der Waals surface area contributed by atoms with E-state index in [1.165, 1.54) is 32.1 Å². The van der Waals surface area contributed by atoms with Crippen LogP contribution in [0.3, 0.4) is 0 Å². The normalized spacial score (nSPS) is 19.6. The summed E-state index contributed by atoms with van der Waals surface area (Å²) in [6.07, 6.45) is 7.30. The molecule has 2 N–H and O–H groups in total. The van der Waals surface area contributed by atoms with Gasteiger partial charge >= 0.3 is 0 Å². The van der Waals surface area contributed by atoms with Crippen molar-refractivity contribution >= 4 is 6.41 Å². The lowest BCUT2D eigenvalue weighted by Crippen LogP contribution is -2.37. The molecule has 0 radical (unpaired) electrons. The zero-order valence-corrected chi connectivity index (χ0v) is 6.81. The standard InChI is InChI=1S/C8H16N2O/c11-7-9-6-10-8-4-2-1-3-5-8/h7-8,10H,1-6H2,(H,9,11). The zero-order valence-electron chi connectivity index (χ0n) is 6.81. The predicted molar refractivity (Wildman–Crippen MR) is 44.1 cm³/mol. The molecule has 1 saturated carbocycles. The Morgan fingerprint density at radius 3 is 2.64 bits per heavy atom. The molecule has 3 heteroatoms. The van der Waals surface area contributed by atoms with Crippen LogP contribution < -0.4 is 10.6 Å². The van der Waals surface area contributed by atoms with Crippen LogP contribution in [-0.4, -0.2) is 19.1 Å². The van der Waals surface area contributed by atoms with Crippen LogP contribution in [0.25, 0.3) is 0 Å². The summed E-state index contributed by atoms with van der Waals surface area (Å²) in [4.78, 5) is 9.90. The van der Waals surface area contributed by atoms with Crippen LogP contribution in [0.1, 0.15) is 32.1 Å². The largest absolute Gasteiger partial charge is 0.346 e. The van der Waals surface area contributed by atoms with Crippen molar-refractivity contribution in [3.63, 3.8) is 0 Å². The summed E-state index contributed by atoms with van der Waals surface area (Å²) in [6.45, 7) is 0.619. The Morgan fingerprint density at radius 2 is 2.00 bits per heavy atom. The lowest BCUT2D eigenvalue weighted by molar-refractivity contribution is -0.109. The molecular formula is C8H16N2O. The molecule has 0 aliphatic heterocycles. The fraction of sp³-hybridized carbons (Fsp3) is 0.875. The van der Waals surface area contributed by atoms with Crippen molar-refractivity contribution in [1.82, 2.24) is 10.6 Å². The van der Waals surface area contributed by atoms with Gasteiger partial charge in [0.2, 0.25) is 6.41 Å². The van der Waals surface area contributed by atoms with Crippen molar-refractivity contribution in [3.8, 4) is 0 Å². The van der Waals surface area contributed by atoms with Gasteiger partial charge in [-0.3, -0.25) is 10.1 Å². The smallest absolute Gasteiger partial charge is 0.208 e. The van der Waals surface area contributed by atoms with E-state index in [1.54, 1.807) is 0 Å². The van der Waals surface area contributed by atoms with Crippen molar-refractivity contribution in [1.29, 1.82) is 0 Å². The van der Waals surface area contributed by atoms with Gasteiger partial charge in [0.15, 0.2) is 0 Å². The Balaban J connectivity index is 2.00. The summed E-state index contributed by atoms with van der Waals surface area (Å²) >= 11 is 0. The third-order valence-electron chi connectivity index (χ3n) is 2.18. The lowest BCUT2D eigenvalue weighted by atomic mass is 9.96. The van der Waals surface area contributed by atoms with Gasteiger partial charge in [0.25, 0.3) is 0 Å². The molecule has 64 valence electrons. The van der Waals surface area contributed by atoms with E-state index in [0.717, 1.165) is 6.41 Å². The maximum absolute atomic E-state index is 9.90. The van der Waals surface area contributed by atoms with Gasteiger partial charge in [0, 0.05) is 6.04 Å². The first kappa shape index (κ1) is 8.53. The van der Waals surface area contributed by atoms with Crippen LogP contribution in [0.15, 0.2) is 0 Å². The molecule has 0 atom stereocenters. The number of rotatable bonds is 4. The Morgan fingerprint density at radius 1 is 1.27 bits per heavy atom. The SMILES string of the molecule is O=CNCNC1CCCCC1. The molecule has 1 aliphatic rings. The minimum atomic E-state index is 0.619. The minimum absolute atomic E-state index is 0.619. The summed E-state index contributed by atoms with van der Waals surface area (Å²) in [5.41, 5.74) is 0. The van der Waals surface area contributed by atoms with Crippen molar-refractivity contribution in [3.05, 3.63) is 0 Å². The fourth-order valence-electron chi connectivity index (χ4n) is 1.55. The first-order valence-electron chi connectivity index (χ1n) is 4.34. The second-order valence-corrected chi connectivity index (χ2v) is 3.04. The van der Waals surface area contributed by atoms with E-state index in [0.29, 0.717) is 12.7 Å². The Bertz CT molecular complexity index is 111.